The van der Waals surface area contributed by atoms with Crippen molar-refractivity contribution in [3.05, 3.63) is 29.8 Å². The van der Waals surface area contributed by atoms with Crippen molar-refractivity contribution < 1.29 is 14.3 Å². The van der Waals surface area contributed by atoms with Gasteiger partial charge in [0.25, 0.3) is 0 Å². The highest BCUT2D eigenvalue weighted by molar-refractivity contribution is 6.00. The molecule has 0 atom stereocenters. The average Bonchev–Trinajstić information content (AvgIpc) is 2.86. The van der Waals surface area contributed by atoms with E-state index in [1.165, 1.54) is 6.92 Å². The van der Waals surface area contributed by atoms with E-state index in [9.17, 15) is 9.59 Å². The Morgan fingerprint density at radius 1 is 1.33 bits per heavy atom. The zero-order valence-corrected chi connectivity index (χ0v) is 11.6. The third-order valence-electron chi connectivity index (χ3n) is 2.50. The van der Waals surface area contributed by atoms with Crippen LogP contribution in [0.15, 0.2) is 24.3 Å². The van der Waals surface area contributed by atoms with Crippen molar-refractivity contribution in [2.24, 2.45) is 0 Å². The van der Waals surface area contributed by atoms with E-state index in [2.05, 4.69) is 25.8 Å². The van der Waals surface area contributed by atoms with Crippen molar-refractivity contribution in [3.63, 3.8) is 0 Å². The minimum absolute atomic E-state index is 0.0735. The van der Waals surface area contributed by atoms with Crippen LogP contribution in [0.1, 0.15) is 24.2 Å². The number of nitrogens with zero attached hydrogens (tertiary/aromatic N) is 2. The molecule has 1 aromatic carbocycles. The molecule has 0 aliphatic rings. The SMILES string of the molecule is CCOc1n[nH]c(NC(=O)Nc2cccc(C(C)=O)c2)n1. The quantitative estimate of drug-likeness (QED) is 0.730. The number of ether oxygens (including phenoxy) is 1. The first-order valence-electron chi connectivity index (χ1n) is 6.32. The molecule has 110 valence electrons. The number of hydrogen-bond donors (Lipinski definition) is 3. The van der Waals surface area contributed by atoms with Crippen LogP contribution in [0.2, 0.25) is 0 Å². The Kier molecular flexibility index (Phi) is 4.50. The predicted octanol–water partition coefficient (Wildman–Crippen LogP) is 2.05. The number of nitrogens with one attached hydrogen (secondary N) is 3. The molecule has 0 spiro atoms. The lowest BCUT2D eigenvalue weighted by atomic mass is 10.1. The molecule has 0 saturated heterocycles. The second-order valence-electron chi connectivity index (χ2n) is 4.12. The van der Waals surface area contributed by atoms with Gasteiger partial charge < -0.3 is 10.1 Å². The van der Waals surface area contributed by atoms with Gasteiger partial charge in [0.2, 0.25) is 5.95 Å². The van der Waals surface area contributed by atoms with Crippen molar-refractivity contribution in [3.8, 4) is 6.01 Å². The van der Waals surface area contributed by atoms with Gasteiger partial charge >= 0.3 is 12.0 Å². The molecule has 0 radical (unpaired) electrons. The van der Waals surface area contributed by atoms with Crippen LogP contribution in [-0.2, 0) is 0 Å². The highest BCUT2D eigenvalue weighted by Gasteiger charge is 2.08. The Labute approximate surface area is 120 Å². The normalized spacial score (nSPS) is 10.0. The van der Waals surface area contributed by atoms with Gasteiger partial charge in [-0.3, -0.25) is 10.1 Å². The van der Waals surface area contributed by atoms with E-state index in [4.69, 9.17) is 4.74 Å². The lowest BCUT2D eigenvalue weighted by molar-refractivity contribution is 0.101. The number of Topliss-reactive ketones (excluding diaryl/α,β-unsaturated/α-hetero) is 1. The van der Waals surface area contributed by atoms with E-state index < -0.39 is 6.03 Å². The van der Waals surface area contributed by atoms with Crippen LogP contribution < -0.4 is 15.4 Å². The molecule has 0 unspecified atom stereocenters. The van der Waals surface area contributed by atoms with Crippen LogP contribution in [0.5, 0.6) is 6.01 Å². The van der Waals surface area contributed by atoms with E-state index in [1.807, 2.05) is 0 Å². The highest BCUT2D eigenvalue weighted by atomic mass is 16.5. The Morgan fingerprint density at radius 2 is 2.14 bits per heavy atom. The molecule has 8 heteroatoms. The van der Waals surface area contributed by atoms with Gasteiger partial charge in [0.15, 0.2) is 5.78 Å². The molecular formula is C13H15N5O3. The molecule has 0 bridgehead atoms. The van der Waals surface area contributed by atoms with Crippen molar-refractivity contribution in [2.75, 3.05) is 17.2 Å². The number of anilines is 2. The first-order chi connectivity index (χ1) is 10.1. The fourth-order valence-electron chi connectivity index (χ4n) is 1.58. The summed E-state index contributed by atoms with van der Waals surface area (Å²) in [5, 5.41) is 11.4. The van der Waals surface area contributed by atoms with Crippen LogP contribution in [-0.4, -0.2) is 33.6 Å². The van der Waals surface area contributed by atoms with Crippen molar-refractivity contribution >= 4 is 23.5 Å². The Morgan fingerprint density at radius 3 is 2.86 bits per heavy atom. The number of amides is 2. The maximum Gasteiger partial charge on any atom is 0.337 e. The van der Waals surface area contributed by atoms with Crippen molar-refractivity contribution in [2.45, 2.75) is 13.8 Å². The topological polar surface area (TPSA) is 109 Å². The number of rotatable bonds is 5. The number of aromatic amines is 1. The van der Waals surface area contributed by atoms with Gasteiger partial charge in [-0.1, -0.05) is 12.1 Å². The second kappa shape index (κ2) is 6.51. The van der Waals surface area contributed by atoms with Gasteiger partial charge in [0.1, 0.15) is 0 Å². The zero-order chi connectivity index (χ0) is 15.2. The smallest absolute Gasteiger partial charge is 0.337 e. The van der Waals surface area contributed by atoms with E-state index in [1.54, 1.807) is 31.2 Å². The molecule has 0 saturated carbocycles. The fraction of sp³-hybridized carbons (Fsp3) is 0.231. The highest BCUT2D eigenvalue weighted by Crippen LogP contribution is 2.12. The minimum atomic E-state index is -0.505. The van der Waals surface area contributed by atoms with Gasteiger partial charge in [-0.2, -0.15) is 4.98 Å². The standard InChI is InChI=1S/C13H15N5O3/c1-3-21-13-16-11(17-18-13)15-12(20)14-10-6-4-5-9(7-10)8(2)19/h4-7H,3H2,1-2H3,(H3,14,15,16,17,18,20). The lowest BCUT2D eigenvalue weighted by Gasteiger charge is -2.06. The Hall–Kier alpha value is -2.90. The van der Waals surface area contributed by atoms with Gasteiger partial charge in [-0.15, -0.1) is 5.10 Å². The summed E-state index contributed by atoms with van der Waals surface area (Å²) in [6.45, 7) is 3.70. The second-order valence-corrected chi connectivity index (χ2v) is 4.12. The van der Waals surface area contributed by atoms with Crippen LogP contribution >= 0.6 is 0 Å². The summed E-state index contributed by atoms with van der Waals surface area (Å²) < 4.78 is 5.07. The molecule has 1 heterocycles. The molecule has 2 aromatic rings. The van der Waals surface area contributed by atoms with E-state index in [0.29, 0.717) is 17.9 Å². The molecule has 0 fully saturated rings. The Bertz CT molecular complexity index is 653. The van der Waals surface area contributed by atoms with E-state index >= 15 is 0 Å². The van der Waals surface area contributed by atoms with Crippen LogP contribution in [0.25, 0.3) is 0 Å². The summed E-state index contributed by atoms with van der Waals surface area (Å²) in [5.41, 5.74) is 1.02. The molecule has 0 aliphatic carbocycles. The number of carbonyl (C=O) groups excluding carboxylic acids is 2. The maximum atomic E-state index is 11.8. The third kappa shape index (κ3) is 4.03. The number of carbonyl (C=O) groups is 2. The minimum Gasteiger partial charge on any atom is -0.463 e. The Balaban J connectivity index is 1.97. The molecular weight excluding hydrogens is 274 g/mol. The zero-order valence-electron chi connectivity index (χ0n) is 11.6. The monoisotopic (exact) mass is 289 g/mol. The maximum absolute atomic E-state index is 11.8. The van der Waals surface area contributed by atoms with Crippen molar-refractivity contribution in [1.82, 2.24) is 15.2 Å². The van der Waals surface area contributed by atoms with Crippen molar-refractivity contribution in [1.29, 1.82) is 0 Å². The molecule has 3 N–H and O–H groups in total. The number of urea groups is 1. The summed E-state index contributed by atoms with van der Waals surface area (Å²) in [4.78, 5) is 27.0. The first kappa shape index (κ1) is 14.5. The molecule has 21 heavy (non-hydrogen) atoms. The predicted molar refractivity (Wildman–Crippen MR) is 76.6 cm³/mol. The van der Waals surface area contributed by atoms with Gasteiger partial charge in [0, 0.05) is 11.3 Å². The van der Waals surface area contributed by atoms with Gasteiger partial charge in [-0.25, -0.2) is 9.89 Å². The number of hydrogen-bond acceptors (Lipinski definition) is 5. The molecule has 1 aromatic heterocycles. The summed E-state index contributed by atoms with van der Waals surface area (Å²) in [6, 6.07) is 6.29. The van der Waals surface area contributed by atoms with E-state index in [0.717, 1.165) is 0 Å². The fourth-order valence-corrected chi connectivity index (χ4v) is 1.58. The largest absolute Gasteiger partial charge is 0.463 e. The number of ketones is 1. The molecule has 2 amide bonds. The molecule has 2 rings (SSSR count). The van der Waals surface area contributed by atoms with Crippen LogP contribution in [0, 0.1) is 0 Å². The first-order valence-corrected chi connectivity index (χ1v) is 6.32. The number of aromatic nitrogens is 3. The van der Waals surface area contributed by atoms with Crippen LogP contribution in [0.3, 0.4) is 0 Å². The molecule has 0 aliphatic heterocycles. The van der Waals surface area contributed by atoms with Gasteiger partial charge in [0.05, 0.1) is 6.61 Å². The summed E-state index contributed by atoms with van der Waals surface area (Å²) in [7, 11) is 0. The number of H-pyrrole nitrogens is 1. The lowest BCUT2D eigenvalue weighted by Crippen LogP contribution is -2.20. The average molecular weight is 289 g/mol. The van der Waals surface area contributed by atoms with Crippen LogP contribution in [0.4, 0.5) is 16.4 Å². The summed E-state index contributed by atoms with van der Waals surface area (Å²) >= 11 is 0. The van der Waals surface area contributed by atoms with Gasteiger partial charge in [-0.05, 0) is 26.0 Å². The van der Waals surface area contributed by atoms with E-state index in [-0.39, 0.29) is 17.7 Å². The summed E-state index contributed by atoms with van der Waals surface area (Å²) in [5.74, 6) is 0.0920. The third-order valence-corrected chi connectivity index (χ3v) is 2.50. The summed E-state index contributed by atoms with van der Waals surface area (Å²) in [6.07, 6.45) is 0. The molecule has 8 nitrogen and oxygen atoms in total. The number of benzene rings is 1.